The Labute approximate surface area is 90.1 Å². The molecule has 15 heavy (non-hydrogen) atoms. The van der Waals surface area contributed by atoms with Crippen LogP contribution in [0.3, 0.4) is 0 Å². The van der Waals surface area contributed by atoms with Crippen molar-refractivity contribution in [2.45, 2.75) is 25.7 Å². The molecule has 1 aliphatic rings. The van der Waals surface area contributed by atoms with Crippen LogP contribution in [0, 0.1) is 0 Å². The lowest BCUT2D eigenvalue weighted by Gasteiger charge is -2.19. The van der Waals surface area contributed by atoms with Crippen molar-refractivity contribution >= 4 is 12.1 Å². The average molecular weight is 213 g/mol. The number of nitrogens with zero attached hydrogens (tertiary/aromatic N) is 2. The zero-order valence-electron chi connectivity index (χ0n) is 8.98. The number of carbonyl (C=O) groups is 1. The van der Waals surface area contributed by atoms with Crippen molar-refractivity contribution in [3.8, 4) is 0 Å². The van der Waals surface area contributed by atoms with E-state index in [0.29, 0.717) is 6.54 Å². The Morgan fingerprint density at radius 1 is 1.33 bits per heavy atom. The van der Waals surface area contributed by atoms with E-state index in [0.717, 1.165) is 25.8 Å². The molecule has 0 aliphatic carbocycles. The Hall–Kier alpha value is -1.10. The maximum Gasteiger partial charge on any atom is 0.265 e. The first-order valence-corrected chi connectivity index (χ1v) is 5.50. The molecule has 0 unspecified atom stereocenters. The van der Waals surface area contributed by atoms with Gasteiger partial charge in [-0.15, -0.1) is 0 Å². The van der Waals surface area contributed by atoms with E-state index in [1.54, 1.807) is 0 Å². The molecular formula is C10H19N3O2. The molecule has 0 radical (unpaired) electrons. The molecule has 0 aromatic carbocycles. The number of nitrogens with one attached hydrogen (secondary N) is 1. The molecule has 0 saturated carbocycles. The first-order chi connectivity index (χ1) is 7.33. The molecule has 5 nitrogen and oxygen atoms in total. The summed E-state index contributed by atoms with van der Waals surface area (Å²) in [6.07, 6.45) is 6.03. The quantitative estimate of drug-likeness (QED) is 0.404. The van der Waals surface area contributed by atoms with E-state index in [2.05, 4.69) is 15.4 Å². The van der Waals surface area contributed by atoms with Gasteiger partial charge in [0.1, 0.15) is 6.21 Å². The summed E-state index contributed by atoms with van der Waals surface area (Å²) >= 11 is 0. The van der Waals surface area contributed by atoms with E-state index in [9.17, 15) is 4.79 Å². The Kier molecular flexibility index (Phi) is 5.77. The number of oxime groups is 1. The molecule has 0 spiro atoms. The Morgan fingerprint density at radius 2 is 2.00 bits per heavy atom. The minimum absolute atomic E-state index is 0.340. The van der Waals surface area contributed by atoms with Crippen LogP contribution in [0.2, 0.25) is 0 Å². The third-order valence-electron chi connectivity index (χ3n) is 2.60. The predicted molar refractivity (Wildman–Crippen MR) is 58.2 cm³/mol. The molecule has 86 valence electrons. The number of carbonyl (C=O) groups excluding carboxylic acids is 1. The molecule has 0 atom stereocenters. The van der Waals surface area contributed by atoms with Crippen molar-refractivity contribution in [3.05, 3.63) is 0 Å². The summed E-state index contributed by atoms with van der Waals surface area (Å²) in [5.41, 5.74) is 0. The number of hydrogen-bond donors (Lipinski definition) is 2. The monoisotopic (exact) mass is 213 g/mol. The molecule has 1 heterocycles. The second kappa shape index (κ2) is 7.23. The van der Waals surface area contributed by atoms with Gasteiger partial charge in [-0.2, -0.15) is 0 Å². The molecule has 5 heteroatoms. The fourth-order valence-corrected chi connectivity index (χ4v) is 1.80. The topological polar surface area (TPSA) is 64.9 Å². The minimum atomic E-state index is -0.340. The zero-order chi connectivity index (χ0) is 10.9. The zero-order valence-corrected chi connectivity index (χ0v) is 8.98. The van der Waals surface area contributed by atoms with Gasteiger partial charge in [-0.1, -0.05) is 18.0 Å². The fraction of sp³-hybridized carbons (Fsp3) is 0.800. The SMILES string of the molecule is O=C(/C=N\O)NCCN1CCCCCC1. The second-order valence-corrected chi connectivity index (χ2v) is 3.79. The molecular weight excluding hydrogens is 194 g/mol. The summed E-state index contributed by atoms with van der Waals surface area (Å²) in [6.45, 7) is 3.75. The normalized spacial score (nSPS) is 18.9. The maximum atomic E-state index is 10.9. The van der Waals surface area contributed by atoms with Crippen LogP contribution in [-0.4, -0.2) is 48.4 Å². The van der Waals surface area contributed by atoms with E-state index in [4.69, 9.17) is 5.21 Å². The molecule has 1 aliphatic heterocycles. The van der Waals surface area contributed by atoms with Gasteiger partial charge < -0.3 is 15.4 Å². The smallest absolute Gasteiger partial charge is 0.265 e. The van der Waals surface area contributed by atoms with Gasteiger partial charge in [0, 0.05) is 13.1 Å². The van der Waals surface area contributed by atoms with Gasteiger partial charge >= 0.3 is 0 Å². The highest BCUT2D eigenvalue weighted by atomic mass is 16.4. The van der Waals surface area contributed by atoms with Gasteiger partial charge in [0.15, 0.2) is 0 Å². The molecule has 1 rings (SSSR count). The van der Waals surface area contributed by atoms with Gasteiger partial charge in [-0.05, 0) is 25.9 Å². The van der Waals surface area contributed by atoms with Crippen LogP contribution >= 0.6 is 0 Å². The van der Waals surface area contributed by atoms with E-state index >= 15 is 0 Å². The number of rotatable bonds is 4. The van der Waals surface area contributed by atoms with Crippen LogP contribution in [0.4, 0.5) is 0 Å². The lowest BCUT2D eigenvalue weighted by molar-refractivity contribution is -0.114. The molecule has 1 amide bonds. The van der Waals surface area contributed by atoms with Crippen molar-refractivity contribution in [2.24, 2.45) is 5.16 Å². The largest absolute Gasteiger partial charge is 0.411 e. The van der Waals surface area contributed by atoms with Crippen LogP contribution in [0.15, 0.2) is 5.16 Å². The molecule has 0 aromatic rings. The lowest BCUT2D eigenvalue weighted by Crippen LogP contribution is -2.35. The Morgan fingerprint density at radius 3 is 2.60 bits per heavy atom. The Balaban J connectivity index is 2.10. The van der Waals surface area contributed by atoms with Crippen LogP contribution in [0.5, 0.6) is 0 Å². The fourth-order valence-electron chi connectivity index (χ4n) is 1.80. The van der Waals surface area contributed by atoms with Crippen LogP contribution in [0.25, 0.3) is 0 Å². The van der Waals surface area contributed by atoms with Gasteiger partial charge in [-0.25, -0.2) is 0 Å². The Bertz CT molecular complexity index is 211. The second-order valence-electron chi connectivity index (χ2n) is 3.79. The van der Waals surface area contributed by atoms with Crippen molar-refractivity contribution in [1.29, 1.82) is 0 Å². The summed E-state index contributed by atoms with van der Waals surface area (Å²) in [5.74, 6) is -0.340. The van der Waals surface area contributed by atoms with Crippen molar-refractivity contribution in [2.75, 3.05) is 26.2 Å². The molecule has 1 saturated heterocycles. The highest BCUT2D eigenvalue weighted by Crippen LogP contribution is 2.08. The highest BCUT2D eigenvalue weighted by Gasteiger charge is 2.08. The van der Waals surface area contributed by atoms with Crippen molar-refractivity contribution in [3.63, 3.8) is 0 Å². The van der Waals surface area contributed by atoms with Gasteiger partial charge in [0.2, 0.25) is 0 Å². The first kappa shape index (κ1) is 12.0. The minimum Gasteiger partial charge on any atom is -0.411 e. The first-order valence-electron chi connectivity index (χ1n) is 5.50. The van der Waals surface area contributed by atoms with Crippen LogP contribution in [0.1, 0.15) is 25.7 Å². The van der Waals surface area contributed by atoms with Crippen LogP contribution < -0.4 is 5.32 Å². The van der Waals surface area contributed by atoms with Crippen LogP contribution in [-0.2, 0) is 4.79 Å². The summed E-state index contributed by atoms with van der Waals surface area (Å²) in [7, 11) is 0. The van der Waals surface area contributed by atoms with Gasteiger partial charge in [0.05, 0.1) is 0 Å². The third-order valence-corrected chi connectivity index (χ3v) is 2.60. The van der Waals surface area contributed by atoms with E-state index < -0.39 is 0 Å². The summed E-state index contributed by atoms with van der Waals surface area (Å²) in [5, 5.41) is 13.4. The standard InChI is InChI=1S/C10H19N3O2/c14-10(9-12-15)11-5-8-13-6-3-1-2-4-7-13/h9,15H,1-8H2,(H,11,14)/b12-9-. The number of hydrogen-bond acceptors (Lipinski definition) is 4. The van der Waals surface area contributed by atoms with Gasteiger partial charge in [0.25, 0.3) is 5.91 Å². The van der Waals surface area contributed by atoms with E-state index in [-0.39, 0.29) is 5.91 Å². The van der Waals surface area contributed by atoms with E-state index in [1.807, 2.05) is 0 Å². The number of amides is 1. The summed E-state index contributed by atoms with van der Waals surface area (Å²) in [4.78, 5) is 13.3. The molecule has 0 bridgehead atoms. The van der Waals surface area contributed by atoms with E-state index in [1.165, 1.54) is 25.7 Å². The van der Waals surface area contributed by atoms with Crippen molar-refractivity contribution < 1.29 is 10.0 Å². The maximum absolute atomic E-state index is 10.9. The molecule has 1 fully saturated rings. The molecule has 2 N–H and O–H groups in total. The number of likely N-dealkylation sites (tertiary alicyclic amines) is 1. The summed E-state index contributed by atoms with van der Waals surface area (Å²) in [6, 6.07) is 0. The highest BCUT2D eigenvalue weighted by molar-refractivity contribution is 6.25. The van der Waals surface area contributed by atoms with Crippen molar-refractivity contribution in [1.82, 2.24) is 10.2 Å². The van der Waals surface area contributed by atoms with Gasteiger partial charge in [-0.3, -0.25) is 4.79 Å². The summed E-state index contributed by atoms with van der Waals surface area (Å²) < 4.78 is 0. The molecule has 0 aromatic heterocycles. The third kappa shape index (κ3) is 5.37. The predicted octanol–water partition coefficient (Wildman–Crippen LogP) is 0.439. The average Bonchev–Trinajstić information content (AvgIpc) is 2.47. The lowest BCUT2D eigenvalue weighted by atomic mass is 10.2.